The second-order valence-corrected chi connectivity index (χ2v) is 4.19. The summed E-state index contributed by atoms with van der Waals surface area (Å²) in [6, 6.07) is 0. The molecule has 0 fully saturated rings. The van der Waals surface area contributed by atoms with Gasteiger partial charge in [0.25, 0.3) is 0 Å². The Morgan fingerprint density at radius 1 is 1.54 bits per heavy atom. The van der Waals surface area contributed by atoms with E-state index in [9.17, 15) is 9.36 Å². The van der Waals surface area contributed by atoms with E-state index >= 15 is 0 Å². The number of rotatable bonds is 6. The maximum Gasteiger partial charge on any atom is 0.327 e. The van der Waals surface area contributed by atoms with Crippen molar-refractivity contribution in [1.82, 2.24) is 0 Å². The highest BCUT2D eigenvalue weighted by Gasteiger charge is 2.12. The average molecular weight is 209 g/mol. The number of nitrogens with two attached hydrogens (primary N) is 1. The molecule has 13 heavy (non-hydrogen) atoms. The van der Waals surface area contributed by atoms with Crippen LogP contribution < -0.4 is 5.73 Å². The van der Waals surface area contributed by atoms with Crippen LogP contribution in [0.15, 0.2) is 12.2 Å². The maximum atomic E-state index is 10.4. The second kappa shape index (κ2) is 5.14. The molecule has 0 aliphatic rings. The molecular formula is C6H12NO5P. The van der Waals surface area contributed by atoms with Crippen molar-refractivity contribution in [3.05, 3.63) is 12.2 Å². The fourth-order valence-electron chi connectivity index (χ4n) is 0.450. The molecule has 76 valence electrons. The Morgan fingerprint density at radius 3 is 2.46 bits per heavy atom. The average Bonchev–Trinajstić information content (AvgIpc) is 1.95. The lowest BCUT2D eigenvalue weighted by atomic mass is 10.3. The smallest absolute Gasteiger partial charge is 0.327 e. The van der Waals surface area contributed by atoms with E-state index in [4.69, 9.17) is 20.3 Å². The first-order valence-electron chi connectivity index (χ1n) is 3.43. The zero-order valence-corrected chi connectivity index (χ0v) is 7.87. The maximum absolute atomic E-state index is 10.4. The molecule has 0 unspecified atom stereocenters. The molecule has 7 heteroatoms. The molecule has 0 saturated carbocycles. The summed E-state index contributed by atoms with van der Waals surface area (Å²) in [6.07, 6.45) is -0.376. The molecule has 0 rings (SSSR count). The Kier molecular flexibility index (Phi) is 4.87. The largest absolute Gasteiger partial charge is 0.376 e. The van der Waals surface area contributed by atoms with Crippen molar-refractivity contribution in [1.29, 1.82) is 0 Å². The summed E-state index contributed by atoms with van der Waals surface area (Å²) in [7, 11) is -4.02. The van der Waals surface area contributed by atoms with Gasteiger partial charge in [-0.1, -0.05) is 6.58 Å². The number of carbonyl (C=O) groups is 1. The van der Waals surface area contributed by atoms with Crippen LogP contribution in [-0.4, -0.2) is 35.1 Å². The molecule has 0 spiro atoms. The molecule has 0 heterocycles. The van der Waals surface area contributed by atoms with Gasteiger partial charge in [0.1, 0.15) is 0 Å². The number of ether oxygens (including phenoxy) is 1. The van der Waals surface area contributed by atoms with Crippen LogP contribution in [-0.2, 0) is 14.1 Å². The Morgan fingerprint density at radius 2 is 2.08 bits per heavy atom. The van der Waals surface area contributed by atoms with Crippen LogP contribution in [0.2, 0.25) is 0 Å². The van der Waals surface area contributed by atoms with Crippen LogP contribution in [0.1, 0.15) is 0 Å². The monoisotopic (exact) mass is 209 g/mol. The van der Waals surface area contributed by atoms with Crippen molar-refractivity contribution in [2.75, 3.05) is 19.4 Å². The molecule has 0 aliphatic heterocycles. The Labute approximate surface area is 75.5 Å². The molecule has 0 aromatic carbocycles. The van der Waals surface area contributed by atoms with Gasteiger partial charge < -0.3 is 20.3 Å². The Balaban J connectivity index is 3.53. The minimum Gasteiger partial charge on any atom is -0.376 e. The first-order chi connectivity index (χ1) is 5.83. The van der Waals surface area contributed by atoms with E-state index in [2.05, 4.69) is 6.58 Å². The Hall–Kier alpha value is -0.680. The van der Waals surface area contributed by atoms with Gasteiger partial charge in [-0.05, 0) is 0 Å². The lowest BCUT2D eigenvalue weighted by molar-refractivity contribution is -0.115. The van der Waals surface area contributed by atoms with E-state index in [1.165, 1.54) is 0 Å². The van der Waals surface area contributed by atoms with Crippen molar-refractivity contribution in [2.24, 2.45) is 5.73 Å². The Bertz CT molecular complexity index is 245. The van der Waals surface area contributed by atoms with E-state index in [0.29, 0.717) is 0 Å². The quantitative estimate of drug-likeness (QED) is 0.302. The highest BCUT2D eigenvalue weighted by Crippen LogP contribution is 2.33. The summed E-state index contributed by atoms with van der Waals surface area (Å²) in [4.78, 5) is 27.2. The van der Waals surface area contributed by atoms with Crippen molar-refractivity contribution in [3.8, 4) is 0 Å². The van der Waals surface area contributed by atoms with Gasteiger partial charge >= 0.3 is 7.60 Å². The number of carbonyl (C=O) groups excluding carboxylic acids is 1. The van der Waals surface area contributed by atoms with Crippen LogP contribution in [0, 0.1) is 0 Å². The summed E-state index contributed by atoms with van der Waals surface area (Å²) in [5.74, 6) is -0.684. The number of hydrogen-bond donors (Lipinski definition) is 3. The van der Waals surface area contributed by atoms with Gasteiger partial charge in [-0.15, -0.1) is 0 Å². The fraction of sp³-hybridized carbons (Fsp3) is 0.500. The summed E-state index contributed by atoms with van der Waals surface area (Å²) in [5.41, 5.74) is 4.91. The van der Waals surface area contributed by atoms with Crippen molar-refractivity contribution >= 4 is 13.5 Å². The van der Waals surface area contributed by atoms with Crippen LogP contribution >= 0.6 is 7.60 Å². The van der Waals surface area contributed by atoms with E-state index in [1.54, 1.807) is 0 Å². The fourth-order valence-corrected chi connectivity index (χ4v) is 0.817. The molecular weight excluding hydrogens is 197 g/mol. The highest BCUT2D eigenvalue weighted by atomic mass is 31.2. The summed E-state index contributed by atoms with van der Waals surface area (Å²) >= 11 is 0. The molecule has 0 aromatic rings. The van der Waals surface area contributed by atoms with Gasteiger partial charge in [-0.3, -0.25) is 9.36 Å². The third-order valence-electron chi connectivity index (χ3n) is 1.15. The van der Waals surface area contributed by atoms with Crippen molar-refractivity contribution in [2.45, 2.75) is 0 Å². The molecule has 0 atom stereocenters. The topological polar surface area (TPSA) is 110 Å². The molecule has 0 saturated heterocycles. The predicted octanol–water partition coefficient (Wildman–Crippen LogP) is -0.778. The number of hydrogen-bond acceptors (Lipinski definition) is 3. The van der Waals surface area contributed by atoms with Crippen LogP contribution in [0.25, 0.3) is 0 Å². The third kappa shape index (κ3) is 7.67. The summed E-state index contributed by atoms with van der Waals surface area (Å²) in [5, 5.41) is 0. The van der Waals surface area contributed by atoms with Crippen LogP contribution in [0.4, 0.5) is 0 Å². The molecule has 0 bridgehead atoms. The first kappa shape index (κ1) is 12.3. The van der Waals surface area contributed by atoms with E-state index < -0.39 is 13.5 Å². The second-order valence-electron chi connectivity index (χ2n) is 2.41. The third-order valence-corrected chi connectivity index (χ3v) is 1.92. The predicted molar refractivity (Wildman–Crippen MR) is 46.1 cm³/mol. The minimum atomic E-state index is -4.02. The zero-order valence-electron chi connectivity index (χ0n) is 6.97. The summed E-state index contributed by atoms with van der Waals surface area (Å²) < 4.78 is 15.1. The van der Waals surface area contributed by atoms with Crippen LogP contribution in [0.5, 0.6) is 0 Å². The molecule has 6 nitrogen and oxygen atoms in total. The van der Waals surface area contributed by atoms with Gasteiger partial charge in [-0.25, -0.2) is 0 Å². The molecule has 0 aromatic heterocycles. The van der Waals surface area contributed by atoms with Crippen molar-refractivity contribution < 1.29 is 23.9 Å². The van der Waals surface area contributed by atoms with Crippen LogP contribution in [0.3, 0.4) is 0 Å². The minimum absolute atomic E-state index is 0.0747. The number of amides is 1. The molecule has 0 radical (unpaired) electrons. The highest BCUT2D eigenvalue weighted by molar-refractivity contribution is 7.51. The molecule has 0 aliphatic carbocycles. The van der Waals surface area contributed by atoms with Gasteiger partial charge in [0.2, 0.25) is 5.91 Å². The lowest BCUT2D eigenvalue weighted by Crippen LogP contribution is -2.17. The lowest BCUT2D eigenvalue weighted by Gasteiger charge is -2.05. The molecule has 1 amide bonds. The van der Waals surface area contributed by atoms with Crippen molar-refractivity contribution in [3.63, 3.8) is 0 Å². The SMILES string of the molecule is C=C(COCCP(=O)(O)O)C(N)=O. The summed E-state index contributed by atoms with van der Waals surface area (Å²) in [6.45, 7) is 3.06. The number of primary amides is 1. The van der Waals surface area contributed by atoms with Gasteiger partial charge in [-0.2, -0.15) is 0 Å². The van der Waals surface area contributed by atoms with Gasteiger partial charge in [0, 0.05) is 5.57 Å². The first-order valence-corrected chi connectivity index (χ1v) is 5.22. The normalized spacial score (nSPS) is 11.2. The van der Waals surface area contributed by atoms with E-state index in [1.807, 2.05) is 0 Å². The van der Waals surface area contributed by atoms with E-state index in [-0.39, 0.29) is 24.9 Å². The zero-order chi connectivity index (χ0) is 10.5. The van der Waals surface area contributed by atoms with Gasteiger partial charge in [0.05, 0.1) is 19.4 Å². The van der Waals surface area contributed by atoms with Gasteiger partial charge in [0.15, 0.2) is 0 Å². The molecule has 4 N–H and O–H groups in total. The standard InChI is InChI=1S/C6H12NO5P/c1-5(6(7)8)4-12-2-3-13(9,10)11/h1-4H2,(H2,7,8)(H2,9,10,11). The van der Waals surface area contributed by atoms with E-state index in [0.717, 1.165) is 0 Å².